The van der Waals surface area contributed by atoms with Crippen LogP contribution in [0, 0.1) is 0 Å². The van der Waals surface area contributed by atoms with Crippen LogP contribution in [0.1, 0.15) is 112 Å². The van der Waals surface area contributed by atoms with Gasteiger partial charge in [0.25, 0.3) is 0 Å². The van der Waals surface area contributed by atoms with Gasteiger partial charge in [0.05, 0.1) is 6.42 Å². The van der Waals surface area contributed by atoms with Gasteiger partial charge in [0.2, 0.25) is 0 Å². The van der Waals surface area contributed by atoms with E-state index >= 15 is 0 Å². The van der Waals surface area contributed by atoms with Crippen molar-refractivity contribution < 1.29 is 14.4 Å². The van der Waals surface area contributed by atoms with Gasteiger partial charge in [-0.25, -0.2) is 0 Å². The van der Waals surface area contributed by atoms with Crippen LogP contribution in [0.2, 0.25) is 0 Å². The van der Waals surface area contributed by atoms with Crippen molar-refractivity contribution in [1.29, 1.82) is 0 Å². The first-order chi connectivity index (χ1) is 16.5. The van der Waals surface area contributed by atoms with Crippen molar-refractivity contribution >= 4 is 39.2 Å². The summed E-state index contributed by atoms with van der Waals surface area (Å²) in [5.41, 5.74) is 3.41. The molecule has 3 aromatic rings. The Morgan fingerprint density at radius 2 is 1.18 bits per heavy atom. The molecule has 0 unspecified atom stereocenters. The Balaban J connectivity index is 1.82. The zero-order chi connectivity index (χ0) is 24.5. The highest BCUT2D eigenvalue weighted by Gasteiger charge is 2.17. The van der Waals surface area contributed by atoms with Crippen molar-refractivity contribution in [2.24, 2.45) is 0 Å². The molecular formula is C30H39NO3. The summed E-state index contributed by atoms with van der Waals surface area (Å²) >= 11 is 0. The van der Waals surface area contributed by atoms with Crippen molar-refractivity contribution in [3.8, 4) is 0 Å². The van der Waals surface area contributed by atoms with Crippen LogP contribution in [-0.4, -0.2) is 21.9 Å². The number of hydrogen-bond donors (Lipinski definition) is 0. The van der Waals surface area contributed by atoms with Crippen LogP contribution in [0.5, 0.6) is 0 Å². The summed E-state index contributed by atoms with van der Waals surface area (Å²) in [6.07, 6.45) is 9.52. The third-order valence-electron chi connectivity index (χ3n) is 6.75. The average Bonchev–Trinajstić information content (AvgIpc) is 3.16. The fourth-order valence-electron chi connectivity index (χ4n) is 4.77. The van der Waals surface area contributed by atoms with Gasteiger partial charge in [-0.1, -0.05) is 52.4 Å². The zero-order valence-electron chi connectivity index (χ0n) is 21.1. The Morgan fingerprint density at radius 3 is 1.76 bits per heavy atom. The maximum absolute atomic E-state index is 12.9. The topological polar surface area (TPSA) is 56.1 Å². The molecule has 0 aliphatic carbocycles. The fourth-order valence-corrected chi connectivity index (χ4v) is 4.77. The molecule has 182 valence electrons. The standard InChI is InChI=1S/C30H39NO3/c1-4-7-9-10-12-13-24(32)21-30(34)23-16-18-28-26(20-23)25-19-22(29(33)14-11-8-5-2)15-17-27(25)31(28)6-3/h15-20H,4-14,21H2,1-3H3. The van der Waals surface area contributed by atoms with E-state index in [2.05, 4.69) is 25.3 Å². The largest absolute Gasteiger partial charge is 0.341 e. The molecule has 34 heavy (non-hydrogen) atoms. The van der Waals surface area contributed by atoms with E-state index in [0.29, 0.717) is 18.4 Å². The minimum atomic E-state index is -0.121. The number of ketones is 3. The van der Waals surface area contributed by atoms with E-state index in [1.165, 1.54) is 12.8 Å². The second-order valence-electron chi connectivity index (χ2n) is 9.39. The molecule has 0 saturated carbocycles. The lowest BCUT2D eigenvalue weighted by Crippen LogP contribution is -2.08. The molecule has 4 heteroatoms. The molecule has 0 aliphatic heterocycles. The van der Waals surface area contributed by atoms with Crippen LogP contribution in [0.15, 0.2) is 36.4 Å². The van der Waals surface area contributed by atoms with Gasteiger partial charge in [-0.3, -0.25) is 14.4 Å². The second kappa shape index (κ2) is 12.6. The minimum absolute atomic E-state index is 0.0255. The van der Waals surface area contributed by atoms with Crippen LogP contribution in [0.3, 0.4) is 0 Å². The molecule has 4 nitrogen and oxygen atoms in total. The number of rotatable bonds is 15. The number of aryl methyl sites for hydroxylation is 1. The van der Waals surface area contributed by atoms with Crippen molar-refractivity contribution in [1.82, 2.24) is 4.57 Å². The van der Waals surface area contributed by atoms with Gasteiger partial charge in [-0.15, -0.1) is 0 Å². The number of nitrogens with zero attached hydrogens (tertiary/aromatic N) is 1. The summed E-state index contributed by atoms with van der Waals surface area (Å²) < 4.78 is 2.21. The van der Waals surface area contributed by atoms with Crippen molar-refractivity contribution in [3.05, 3.63) is 47.5 Å². The predicted molar refractivity (Wildman–Crippen MR) is 141 cm³/mol. The van der Waals surface area contributed by atoms with E-state index in [9.17, 15) is 14.4 Å². The summed E-state index contributed by atoms with van der Waals surface area (Å²) in [6, 6.07) is 11.6. The molecular weight excluding hydrogens is 422 g/mol. The van der Waals surface area contributed by atoms with Gasteiger partial charge in [-0.2, -0.15) is 0 Å². The first-order valence-electron chi connectivity index (χ1n) is 13.1. The first kappa shape index (κ1) is 25.9. The molecule has 0 amide bonds. The average molecular weight is 462 g/mol. The highest BCUT2D eigenvalue weighted by molar-refractivity contribution is 6.14. The quantitative estimate of drug-likeness (QED) is 0.131. The SMILES string of the molecule is CCCCCCCC(=O)CC(=O)c1ccc2c(c1)c1cc(C(=O)CCCCC)ccc1n2CC. The number of carbonyl (C=O) groups is 3. The molecule has 0 bridgehead atoms. The fraction of sp³-hybridized carbons (Fsp3) is 0.500. The number of hydrogen-bond acceptors (Lipinski definition) is 3. The molecule has 0 saturated heterocycles. The van der Waals surface area contributed by atoms with Gasteiger partial charge in [-0.05, 0) is 56.2 Å². The monoisotopic (exact) mass is 461 g/mol. The lowest BCUT2D eigenvalue weighted by atomic mass is 9.99. The highest BCUT2D eigenvalue weighted by atomic mass is 16.1. The molecule has 0 aliphatic rings. The molecule has 1 aromatic heterocycles. The summed E-state index contributed by atoms with van der Waals surface area (Å²) in [4.78, 5) is 38.0. The van der Waals surface area contributed by atoms with Gasteiger partial charge in [0.1, 0.15) is 5.78 Å². The maximum Gasteiger partial charge on any atom is 0.170 e. The van der Waals surface area contributed by atoms with Crippen LogP contribution < -0.4 is 0 Å². The van der Waals surface area contributed by atoms with E-state index in [4.69, 9.17) is 0 Å². The van der Waals surface area contributed by atoms with Crippen LogP contribution in [-0.2, 0) is 11.3 Å². The van der Waals surface area contributed by atoms with E-state index in [1.54, 1.807) is 0 Å². The molecule has 0 spiro atoms. The molecule has 1 heterocycles. The third-order valence-corrected chi connectivity index (χ3v) is 6.75. The molecule has 2 aromatic carbocycles. The number of aromatic nitrogens is 1. The third kappa shape index (κ3) is 6.22. The molecule has 0 N–H and O–H groups in total. The van der Waals surface area contributed by atoms with Gasteiger partial charge < -0.3 is 4.57 Å². The highest BCUT2D eigenvalue weighted by Crippen LogP contribution is 2.31. The van der Waals surface area contributed by atoms with Crippen LogP contribution in [0.4, 0.5) is 0 Å². The Labute approximate surface area is 203 Å². The molecule has 0 atom stereocenters. The maximum atomic E-state index is 12.9. The second-order valence-corrected chi connectivity index (χ2v) is 9.39. The number of unbranched alkanes of at least 4 members (excludes halogenated alkanes) is 6. The number of Topliss-reactive ketones (excluding diaryl/α,β-unsaturated/α-hetero) is 3. The number of fused-ring (bicyclic) bond motifs is 3. The molecule has 0 fully saturated rings. The minimum Gasteiger partial charge on any atom is -0.341 e. The lowest BCUT2D eigenvalue weighted by Gasteiger charge is -2.05. The van der Waals surface area contributed by atoms with E-state index < -0.39 is 0 Å². The first-order valence-corrected chi connectivity index (χ1v) is 13.1. The van der Waals surface area contributed by atoms with Crippen molar-refractivity contribution in [2.75, 3.05) is 0 Å². The van der Waals surface area contributed by atoms with E-state index in [1.807, 2.05) is 36.4 Å². The molecule has 0 radical (unpaired) electrons. The summed E-state index contributed by atoms with van der Waals surface area (Å²) in [6.45, 7) is 7.20. The van der Waals surface area contributed by atoms with Gasteiger partial charge in [0.15, 0.2) is 11.6 Å². The summed E-state index contributed by atoms with van der Waals surface area (Å²) in [5, 5.41) is 1.97. The summed E-state index contributed by atoms with van der Waals surface area (Å²) in [7, 11) is 0. The molecule has 3 rings (SSSR count). The zero-order valence-corrected chi connectivity index (χ0v) is 21.1. The van der Waals surface area contributed by atoms with Gasteiger partial charge >= 0.3 is 0 Å². The Hall–Kier alpha value is -2.75. The number of carbonyl (C=O) groups excluding carboxylic acids is 3. The van der Waals surface area contributed by atoms with Crippen LogP contribution >= 0.6 is 0 Å². The van der Waals surface area contributed by atoms with Crippen molar-refractivity contribution in [2.45, 2.75) is 97.9 Å². The smallest absolute Gasteiger partial charge is 0.170 e. The van der Waals surface area contributed by atoms with Crippen molar-refractivity contribution in [3.63, 3.8) is 0 Å². The lowest BCUT2D eigenvalue weighted by molar-refractivity contribution is -0.118. The normalized spacial score (nSPS) is 11.4. The Kier molecular flexibility index (Phi) is 9.62. The van der Waals surface area contributed by atoms with E-state index in [0.717, 1.165) is 72.4 Å². The van der Waals surface area contributed by atoms with E-state index in [-0.39, 0.29) is 23.8 Å². The Morgan fingerprint density at radius 1 is 0.647 bits per heavy atom. The predicted octanol–water partition coefficient (Wildman–Crippen LogP) is 8.08. The Bertz CT molecular complexity index is 1150. The number of benzene rings is 2. The summed E-state index contributed by atoms with van der Waals surface area (Å²) in [5.74, 6) is 0.0757. The van der Waals surface area contributed by atoms with Crippen LogP contribution in [0.25, 0.3) is 21.8 Å². The van der Waals surface area contributed by atoms with Gasteiger partial charge in [0, 0.05) is 52.3 Å².